The Balaban J connectivity index is 2.57. The Labute approximate surface area is 251 Å². The molecule has 41 heavy (non-hydrogen) atoms. The van der Waals surface area contributed by atoms with Gasteiger partial charge in [-0.05, 0) is 87.4 Å². The molecule has 2 atom stereocenters. The Kier molecular flexibility index (Phi) is 10.8. The molecule has 0 radical (unpaired) electrons. The Bertz CT molecular complexity index is 1090. The van der Waals surface area contributed by atoms with Crippen molar-refractivity contribution in [2.45, 2.75) is 159 Å². The minimum Gasteiger partial charge on any atom is -0.414 e. The van der Waals surface area contributed by atoms with Crippen LogP contribution < -0.4 is 5.14 Å². The van der Waals surface area contributed by atoms with Gasteiger partial charge >= 0.3 is 0 Å². The lowest BCUT2D eigenvalue weighted by Gasteiger charge is -2.56. The summed E-state index contributed by atoms with van der Waals surface area (Å²) in [5.41, 5.74) is -0.0840. The lowest BCUT2D eigenvalue weighted by atomic mass is 9.69. The molecule has 1 fully saturated rings. The largest absolute Gasteiger partial charge is 0.414 e. The molecule has 5 nitrogen and oxygen atoms in total. The summed E-state index contributed by atoms with van der Waals surface area (Å²) in [5, 5.41) is 5.87. The average molecular weight is 637 g/mol. The standard InChI is InChI=1S/C30H55F3N2O3SSi2/c1-26(2,3)40(10,11)37-23-18-30(19-23,38-41(12,13)27(4,5)6)17-22(16-28(7,8)39(34)36)24-14-21(15-29(9,32)33)20-35-25(24)31/h14,20,22-23H,15-19,34H2,1-13H3/t22-,23?,30?,39?/m0/s1. The molecule has 1 saturated carbocycles. The number of alkyl halides is 2. The van der Waals surface area contributed by atoms with Crippen molar-refractivity contribution in [3.05, 3.63) is 29.3 Å². The second-order valence-electron chi connectivity index (χ2n) is 16.1. The smallest absolute Gasteiger partial charge is 0.249 e. The maximum Gasteiger partial charge on any atom is 0.249 e. The topological polar surface area (TPSA) is 74.4 Å². The van der Waals surface area contributed by atoms with E-state index in [9.17, 15) is 13.0 Å². The van der Waals surface area contributed by atoms with Gasteiger partial charge in [-0.3, -0.25) is 5.14 Å². The number of aromatic nitrogens is 1. The lowest BCUT2D eigenvalue weighted by molar-refractivity contribution is -0.105. The molecule has 0 amide bonds. The Morgan fingerprint density at radius 3 is 1.98 bits per heavy atom. The maximum absolute atomic E-state index is 15.4. The zero-order valence-electron chi connectivity index (χ0n) is 27.6. The van der Waals surface area contributed by atoms with Crippen LogP contribution in [0.4, 0.5) is 13.2 Å². The number of nitrogens with zero attached hydrogens (tertiary/aromatic N) is 1. The third-order valence-electron chi connectivity index (χ3n) is 9.52. The molecule has 0 aliphatic heterocycles. The normalized spacial score (nSPS) is 22.8. The molecule has 0 aromatic carbocycles. The highest BCUT2D eigenvalue weighted by Gasteiger charge is 2.55. The van der Waals surface area contributed by atoms with Gasteiger partial charge in [-0.2, -0.15) is 4.39 Å². The number of rotatable bonds is 12. The highest BCUT2D eigenvalue weighted by Crippen LogP contribution is 2.53. The first kappa shape index (κ1) is 36.6. The van der Waals surface area contributed by atoms with Crippen LogP contribution in [-0.4, -0.2) is 48.2 Å². The van der Waals surface area contributed by atoms with Gasteiger partial charge in [-0.1, -0.05) is 41.5 Å². The minimum atomic E-state index is -2.96. The summed E-state index contributed by atoms with van der Waals surface area (Å²) < 4.78 is 68.8. The fourth-order valence-corrected chi connectivity index (χ4v) is 8.46. The molecule has 0 spiro atoms. The SMILES string of the molecule is CC(F)(F)Cc1cnc(F)c([C@H](CC2(O[Si](C)(C)C(C)(C)C)CC(O[Si](C)(C)C(C)(C)C)C2)CC(C)(C)S(N)=O)c1. The van der Waals surface area contributed by atoms with E-state index < -0.39 is 62.2 Å². The molecule has 1 aliphatic rings. The molecule has 0 bridgehead atoms. The van der Waals surface area contributed by atoms with Gasteiger partial charge in [0, 0.05) is 31.0 Å². The quantitative estimate of drug-likeness (QED) is 0.184. The fraction of sp³-hybridized carbons (Fsp3) is 0.833. The first-order valence-electron chi connectivity index (χ1n) is 14.7. The highest BCUT2D eigenvalue weighted by atomic mass is 32.2. The summed E-state index contributed by atoms with van der Waals surface area (Å²) in [5.74, 6) is -4.15. The van der Waals surface area contributed by atoms with Gasteiger partial charge in [-0.25, -0.2) is 18.0 Å². The lowest BCUT2D eigenvalue weighted by Crippen LogP contribution is -2.60. The monoisotopic (exact) mass is 636 g/mol. The molecular weight excluding hydrogens is 582 g/mol. The van der Waals surface area contributed by atoms with E-state index >= 15 is 4.39 Å². The number of hydrogen-bond acceptors (Lipinski definition) is 4. The molecule has 11 heteroatoms. The van der Waals surface area contributed by atoms with E-state index in [1.165, 1.54) is 12.3 Å². The van der Waals surface area contributed by atoms with E-state index in [4.69, 9.17) is 14.0 Å². The Morgan fingerprint density at radius 2 is 1.54 bits per heavy atom. The van der Waals surface area contributed by atoms with Gasteiger partial charge in [0.1, 0.15) is 0 Å². The molecule has 2 rings (SSSR count). The van der Waals surface area contributed by atoms with Gasteiger partial charge in [0.2, 0.25) is 11.9 Å². The van der Waals surface area contributed by atoms with Crippen molar-refractivity contribution < 1.29 is 26.2 Å². The summed E-state index contributed by atoms with van der Waals surface area (Å²) in [6.07, 6.45) is 2.70. The highest BCUT2D eigenvalue weighted by molar-refractivity contribution is 7.84. The van der Waals surface area contributed by atoms with Crippen LogP contribution in [-0.2, 0) is 26.3 Å². The molecule has 1 aromatic heterocycles. The molecule has 2 N–H and O–H groups in total. The van der Waals surface area contributed by atoms with Crippen molar-refractivity contribution in [1.29, 1.82) is 0 Å². The molecular formula is C30H55F3N2O3SSi2. The third kappa shape index (κ3) is 9.44. The molecule has 0 saturated heterocycles. The molecule has 1 aromatic rings. The predicted octanol–water partition coefficient (Wildman–Crippen LogP) is 8.63. The van der Waals surface area contributed by atoms with Crippen molar-refractivity contribution in [2.24, 2.45) is 5.14 Å². The van der Waals surface area contributed by atoms with Crippen molar-refractivity contribution in [2.75, 3.05) is 0 Å². The van der Waals surface area contributed by atoms with Crippen LogP contribution in [0.2, 0.25) is 36.3 Å². The van der Waals surface area contributed by atoms with E-state index in [1.807, 2.05) is 0 Å². The second-order valence-corrected chi connectivity index (χ2v) is 27.3. The summed E-state index contributed by atoms with van der Waals surface area (Å²) in [7, 11) is -6.00. The van der Waals surface area contributed by atoms with Crippen LogP contribution in [0.1, 0.15) is 105 Å². The van der Waals surface area contributed by atoms with Crippen LogP contribution in [0, 0.1) is 5.95 Å². The van der Waals surface area contributed by atoms with Crippen LogP contribution >= 0.6 is 0 Å². The van der Waals surface area contributed by atoms with Crippen LogP contribution in [0.25, 0.3) is 0 Å². The van der Waals surface area contributed by atoms with Crippen molar-refractivity contribution in [3.8, 4) is 0 Å². The van der Waals surface area contributed by atoms with E-state index in [-0.39, 0.29) is 33.7 Å². The average Bonchev–Trinajstić information content (AvgIpc) is 2.70. The van der Waals surface area contributed by atoms with E-state index in [2.05, 4.69) is 72.7 Å². The Hall–Kier alpha value is -0.596. The first-order valence-corrected chi connectivity index (χ1v) is 21.7. The van der Waals surface area contributed by atoms with Gasteiger partial charge in [0.05, 0.1) is 27.4 Å². The van der Waals surface area contributed by atoms with Gasteiger partial charge in [0.15, 0.2) is 16.6 Å². The van der Waals surface area contributed by atoms with E-state index in [0.29, 0.717) is 19.3 Å². The van der Waals surface area contributed by atoms with Gasteiger partial charge < -0.3 is 8.85 Å². The van der Waals surface area contributed by atoms with E-state index in [0.717, 1.165) is 6.92 Å². The van der Waals surface area contributed by atoms with E-state index in [1.54, 1.807) is 13.8 Å². The van der Waals surface area contributed by atoms with Crippen molar-refractivity contribution in [3.63, 3.8) is 0 Å². The zero-order valence-corrected chi connectivity index (χ0v) is 30.5. The van der Waals surface area contributed by atoms with Crippen molar-refractivity contribution in [1.82, 2.24) is 4.98 Å². The molecule has 1 heterocycles. The summed E-state index contributed by atoms with van der Waals surface area (Å²) >= 11 is 0. The summed E-state index contributed by atoms with van der Waals surface area (Å²) in [6, 6.07) is 1.50. The third-order valence-corrected chi connectivity index (χ3v) is 19.9. The number of halogens is 3. The second kappa shape index (κ2) is 12.1. The molecule has 1 unspecified atom stereocenters. The molecule has 238 valence electrons. The maximum atomic E-state index is 15.4. The van der Waals surface area contributed by atoms with Crippen LogP contribution in [0.15, 0.2) is 12.3 Å². The Morgan fingerprint density at radius 1 is 1.02 bits per heavy atom. The van der Waals surface area contributed by atoms with Crippen LogP contribution in [0.3, 0.4) is 0 Å². The first-order chi connectivity index (χ1) is 18.1. The summed E-state index contributed by atoms with van der Waals surface area (Å²) in [4.78, 5) is 3.88. The predicted molar refractivity (Wildman–Crippen MR) is 169 cm³/mol. The van der Waals surface area contributed by atoms with Gasteiger partial charge in [-0.15, -0.1) is 0 Å². The summed E-state index contributed by atoms with van der Waals surface area (Å²) in [6.45, 7) is 26.5. The fourth-order valence-electron chi connectivity index (χ4n) is 5.10. The number of nitrogens with two attached hydrogens (primary N) is 1. The minimum absolute atomic E-state index is 0.0195. The molecule has 1 aliphatic carbocycles. The number of hydrogen-bond donors (Lipinski definition) is 1. The van der Waals surface area contributed by atoms with Gasteiger partial charge in [0.25, 0.3) is 0 Å². The zero-order chi connectivity index (χ0) is 32.0. The van der Waals surface area contributed by atoms with Crippen molar-refractivity contribution >= 4 is 27.6 Å². The number of pyridine rings is 1. The van der Waals surface area contributed by atoms with Crippen LogP contribution in [0.5, 0.6) is 0 Å².